The van der Waals surface area contributed by atoms with Crippen molar-refractivity contribution in [3.8, 4) is 0 Å². The highest BCUT2D eigenvalue weighted by atomic mass is 32.1. The van der Waals surface area contributed by atoms with Crippen molar-refractivity contribution < 1.29 is 9.53 Å². The highest BCUT2D eigenvalue weighted by molar-refractivity contribution is 7.16. The molecule has 0 saturated carbocycles. The number of hydrogen-bond acceptors (Lipinski definition) is 4. The van der Waals surface area contributed by atoms with Gasteiger partial charge in [0.15, 0.2) is 4.80 Å². The largest absolute Gasteiger partial charge is 0.376 e. The number of carbonyl (C=O) groups is 1. The van der Waals surface area contributed by atoms with E-state index in [1.54, 1.807) is 11.3 Å². The van der Waals surface area contributed by atoms with E-state index in [0.717, 1.165) is 40.2 Å². The molecule has 1 fully saturated rings. The number of aryl methyl sites for hydroxylation is 1. The molecule has 2 aromatic carbocycles. The van der Waals surface area contributed by atoms with Gasteiger partial charge in [-0.15, -0.1) is 0 Å². The first kappa shape index (κ1) is 17.9. The minimum atomic E-state index is -0.0547. The maximum atomic E-state index is 12.6. The number of benzene rings is 2. The number of fused-ring (bicyclic) bond motifs is 1. The van der Waals surface area contributed by atoms with E-state index in [2.05, 4.69) is 11.4 Å². The molecule has 140 valence electrons. The highest BCUT2D eigenvalue weighted by Crippen LogP contribution is 2.18. The van der Waals surface area contributed by atoms with Gasteiger partial charge in [0.05, 0.1) is 22.9 Å². The summed E-state index contributed by atoms with van der Waals surface area (Å²) < 4.78 is 8.81. The van der Waals surface area contributed by atoms with Gasteiger partial charge in [-0.1, -0.05) is 41.2 Å². The molecule has 0 aliphatic carbocycles. The Morgan fingerprint density at radius 3 is 2.85 bits per heavy atom. The maximum Gasteiger partial charge on any atom is 0.244 e. The molecule has 1 saturated heterocycles. The van der Waals surface area contributed by atoms with Crippen LogP contribution in [-0.4, -0.2) is 29.7 Å². The molecule has 0 bridgehead atoms. The lowest BCUT2D eigenvalue weighted by atomic mass is 10.2. The Balaban J connectivity index is 1.58. The summed E-state index contributed by atoms with van der Waals surface area (Å²) in [7, 11) is 0. The van der Waals surface area contributed by atoms with Crippen LogP contribution in [0, 0.1) is 6.92 Å². The minimum Gasteiger partial charge on any atom is -0.376 e. The molecule has 0 spiro atoms. The maximum absolute atomic E-state index is 12.6. The van der Waals surface area contributed by atoms with Gasteiger partial charge in [0.25, 0.3) is 0 Å². The molecule has 27 heavy (non-hydrogen) atoms. The van der Waals surface area contributed by atoms with Crippen molar-refractivity contribution >= 4 is 33.1 Å². The van der Waals surface area contributed by atoms with E-state index < -0.39 is 0 Å². The number of anilines is 1. The standard InChI is InChI=1S/C21H23N3O2S/c1-15-8-10-16(11-9-15)23-20(25)14-24-18-6-2-3-7-19(18)27-21(24)22-13-17-5-4-12-26-17/h2-3,6-11,17H,4-5,12-14H2,1H3,(H,23,25)/t17-/m1/s1. The van der Waals surface area contributed by atoms with Gasteiger partial charge in [-0.2, -0.15) is 0 Å². The number of amides is 1. The Labute approximate surface area is 162 Å². The summed E-state index contributed by atoms with van der Waals surface area (Å²) in [5.41, 5.74) is 3.01. The van der Waals surface area contributed by atoms with E-state index in [-0.39, 0.29) is 18.6 Å². The van der Waals surface area contributed by atoms with Crippen molar-refractivity contribution in [2.24, 2.45) is 4.99 Å². The van der Waals surface area contributed by atoms with Gasteiger partial charge in [-0.3, -0.25) is 9.79 Å². The number of ether oxygens (including phenoxy) is 1. The molecule has 1 N–H and O–H groups in total. The van der Waals surface area contributed by atoms with Crippen LogP contribution in [0.5, 0.6) is 0 Å². The van der Waals surface area contributed by atoms with Gasteiger partial charge in [0.1, 0.15) is 6.54 Å². The quantitative estimate of drug-likeness (QED) is 0.732. The zero-order valence-corrected chi connectivity index (χ0v) is 16.2. The topological polar surface area (TPSA) is 55.6 Å². The van der Waals surface area contributed by atoms with Crippen molar-refractivity contribution in [2.45, 2.75) is 32.4 Å². The van der Waals surface area contributed by atoms with E-state index in [0.29, 0.717) is 6.54 Å². The lowest BCUT2D eigenvalue weighted by molar-refractivity contribution is -0.116. The summed E-state index contributed by atoms with van der Waals surface area (Å²) in [6.45, 7) is 3.74. The van der Waals surface area contributed by atoms with Crippen LogP contribution in [-0.2, 0) is 16.1 Å². The number of aromatic nitrogens is 1. The van der Waals surface area contributed by atoms with Crippen LogP contribution >= 0.6 is 11.3 Å². The molecule has 6 heteroatoms. The third-order valence-corrected chi connectivity index (χ3v) is 5.78. The Morgan fingerprint density at radius 2 is 2.07 bits per heavy atom. The van der Waals surface area contributed by atoms with Gasteiger partial charge in [0, 0.05) is 12.3 Å². The summed E-state index contributed by atoms with van der Waals surface area (Å²) in [5.74, 6) is -0.0547. The van der Waals surface area contributed by atoms with Gasteiger partial charge in [-0.05, 0) is 44.0 Å². The van der Waals surface area contributed by atoms with Gasteiger partial charge in [-0.25, -0.2) is 0 Å². The van der Waals surface area contributed by atoms with Crippen LogP contribution in [0.3, 0.4) is 0 Å². The lowest BCUT2D eigenvalue weighted by Gasteiger charge is -2.08. The first-order valence-corrected chi connectivity index (χ1v) is 10.1. The smallest absolute Gasteiger partial charge is 0.244 e. The third kappa shape index (κ3) is 4.28. The third-order valence-electron chi connectivity index (χ3n) is 4.68. The van der Waals surface area contributed by atoms with E-state index in [1.807, 2.05) is 54.0 Å². The van der Waals surface area contributed by atoms with Gasteiger partial charge in [0.2, 0.25) is 5.91 Å². The Hall–Kier alpha value is -2.44. The average Bonchev–Trinajstić information content (AvgIpc) is 3.30. The summed E-state index contributed by atoms with van der Waals surface area (Å²) in [4.78, 5) is 18.3. The molecule has 5 nitrogen and oxygen atoms in total. The van der Waals surface area contributed by atoms with Gasteiger partial charge >= 0.3 is 0 Å². The second kappa shape index (κ2) is 8.06. The predicted molar refractivity (Wildman–Crippen MR) is 109 cm³/mol. The molecule has 4 rings (SSSR count). The molecular weight excluding hydrogens is 358 g/mol. The summed E-state index contributed by atoms with van der Waals surface area (Å²) in [5, 5.41) is 2.98. The molecule has 1 amide bonds. The first-order chi connectivity index (χ1) is 13.2. The van der Waals surface area contributed by atoms with Crippen molar-refractivity contribution in [2.75, 3.05) is 18.5 Å². The molecule has 3 aromatic rings. The van der Waals surface area contributed by atoms with Crippen molar-refractivity contribution in [3.05, 3.63) is 58.9 Å². The number of nitrogens with zero attached hydrogens (tertiary/aromatic N) is 2. The Morgan fingerprint density at radius 1 is 1.26 bits per heavy atom. The number of thiazole rings is 1. The first-order valence-electron chi connectivity index (χ1n) is 9.26. The summed E-state index contributed by atoms with van der Waals surface area (Å²) >= 11 is 1.62. The zero-order chi connectivity index (χ0) is 18.6. The number of rotatable bonds is 5. The highest BCUT2D eigenvalue weighted by Gasteiger charge is 2.15. The summed E-state index contributed by atoms with van der Waals surface area (Å²) in [6, 6.07) is 15.9. The number of hydrogen-bond donors (Lipinski definition) is 1. The lowest BCUT2D eigenvalue weighted by Crippen LogP contribution is -2.26. The molecule has 0 unspecified atom stereocenters. The number of para-hydroxylation sites is 1. The molecule has 1 atom stereocenters. The molecule has 1 aromatic heterocycles. The zero-order valence-electron chi connectivity index (χ0n) is 15.4. The molecule has 2 heterocycles. The number of nitrogens with one attached hydrogen (secondary N) is 1. The molecule has 0 radical (unpaired) electrons. The Kier molecular flexibility index (Phi) is 5.36. The second-order valence-electron chi connectivity index (χ2n) is 6.83. The average molecular weight is 382 g/mol. The fraction of sp³-hybridized carbons (Fsp3) is 0.333. The fourth-order valence-electron chi connectivity index (χ4n) is 3.24. The van der Waals surface area contributed by atoms with Gasteiger partial charge < -0.3 is 14.6 Å². The number of carbonyl (C=O) groups excluding carboxylic acids is 1. The van der Waals surface area contributed by atoms with E-state index in [1.165, 1.54) is 5.56 Å². The van der Waals surface area contributed by atoms with Crippen LogP contribution in [0.25, 0.3) is 10.2 Å². The van der Waals surface area contributed by atoms with Crippen LogP contribution < -0.4 is 10.1 Å². The summed E-state index contributed by atoms with van der Waals surface area (Å²) in [6.07, 6.45) is 2.36. The van der Waals surface area contributed by atoms with Crippen molar-refractivity contribution in [1.82, 2.24) is 4.57 Å². The SMILES string of the molecule is Cc1ccc(NC(=O)Cn2c(=NC[C@H]3CCCO3)sc3ccccc32)cc1. The van der Waals surface area contributed by atoms with E-state index in [4.69, 9.17) is 9.73 Å². The molecular formula is C21H23N3O2S. The van der Waals surface area contributed by atoms with Crippen molar-refractivity contribution in [1.29, 1.82) is 0 Å². The Bertz CT molecular complexity index is 998. The monoisotopic (exact) mass is 381 g/mol. The predicted octanol–water partition coefficient (Wildman–Crippen LogP) is 3.73. The fourth-order valence-corrected chi connectivity index (χ4v) is 4.28. The van der Waals surface area contributed by atoms with E-state index in [9.17, 15) is 4.79 Å². The second-order valence-corrected chi connectivity index (χ2v) is 7.84. The van der Waals surface area contributed by atoms with Crippen molar-refractivity contribution in [3.63, 3.8) is 0 Å². The molecule has 1 aliphatic rings. The molecule has 1 aliphatic heterocycles. The van der Waals surface area contributed by atoms with Crippen LogP contribution in [0.1, 0.15) is 18.4 Å². The normalized spacial score (nSPS) is 17.5. The van der Waals surface area contributed by atoms with E-state index >= 15 is 0 Å². The van der Waals surface area contributed by atoms with Crippen LogP contribution in [0.4, 0.5) is 5.69 Å². The minimum absolute atomic E-state index is 0.0547. The van der Waals surface area contributed by atoms with Crippen LogP contribution in [0.2, 0.25) is 0 Å². The van der Waals surface area contributed by atoms with Crippen LogP contribution in [0.15, 0.2) is 53.5 Å².